The van der Waals surface area contributed by atoms with Crippen molar-refractivity contribution < 1.29 is 24.3 Å². The third kappa shape index (κ3) is 3.05. The Balaban J connectivity index is 1.68. The fraction of sp³-hybridized carbons (Fsp3) is 0. The fourth-order valence-electron chi connectivity index (χ4n) is 2.16. The minimum atomic E-state index is -1.92. The number of hydrogen-bond donors (Lipinski definition) is 0. The maximum absolute atomic E-state index is 12.1. The predicted octanol–water partition coefficient (Wildman–Crippen LogP) is 1.58. The van der Waals surface area contributed by atoms with Crippen LogP contribution < -0.4 is 10.2 Å². The predicted molar refractivity (Wildman–Crippen MR) is 89.1 cm³/mol. The highest BCUT2D eigenvalue weighted by Crippen LogP contribution is 2.26. The molecule has 0 radical (unpaired) electrons. The van der Waals surface area contributed by atoms with Gasteiger partial charge in [-0.15, -0.1) is 0 Å². The highest BCUT2D eigenvalue weighted by atomic mass is 31.1. The monoisotopic (exact) mass is 338 g/mol. The topological polar surface area (TPSA) is 75.7 Å². The minimum Gasteiger partial charge on any atom is -0.618 e. The molecule has 0 saturated carbocycles. The van der Waals surface area contributed by atoms with E-state index >= 15 is 0 Å². The Morgan fingerprint density at radius 2 is 1.67 bits per heavy atom. The number of carbonyl (C=O) groups excluding carboxylic acids is 2. The van der Waals surface area contributed by atoms with Crippen molar-refractivity contribution >= 4 is 41.6 Å². The molecule has 1 atom stereocenters. The molecule has 0 aliphatic carbocycles. The zero-order valence-corrected chi connectivity index (χ0v) is 13.3. The van der Waals surface area contributed by atoms with Crippen molar-refractivity contribution in [3.05, 3.63) is 72.3 Å². The van der Waals surface area contributed by atoms with E-state index in [1.807, 2.05) is 0 Å². The first-order chi connectivity index (χ1) is 11.6. The lowest BCUT2D eigenvalue weighted by Crippen LogP contribution is -2.15. The maximum Gasteiger partial charge on any atom is 0.398 e. The number of fused-ring (bicyclic) bond motifs is 1. The van der Waals surface area contributed by atoms with E-state index in [9.17, 15) is 14.5 Å². The molecule has 3 rings (SSSR count). The molecule has 0 bridgehead atoms. The van der Waals surface area contributed by atoms with Crippen LogP contribution in [0.5, 0.6) is 0 Å². The van der Waals surface area contributed by atoms with Gasteiger partial charge in [-0.25, -0.2) is 19.4 Å². The quantitative estimate of drug-likeness (QED) is 0.368. The summed E-state index contributed by atoms with van der Waals surface area (Å²) >= 11 is 0. The molecule has 118 valence electrons. The highest BCUT2D eigenvalue weighted by Gasteiger charge is 2.29. The van der Waals surface area contributed by atoms with E-state index in [0.29, 0.717) is 16.4 Å². The normalized spacial score (nSPS) is 13.4. The van der Waals surface area contributed by atoms with Crippen molar-refractivity contribution in [1.29, 1.82) is 0 Å². The molecule has 2 aromatic carbocycles. The second kappa shape index (κ2) is 6.65. The summed E-state index contributed by atoms with van der Waals surface area (Å²) in [6.07, 6.45) is 0. The zero-order valence-electron chi connectivity index (χ0n) is 12.4. The van der Waals surface area contributed by atoms with Crippen LogP contribution in [0.3, 0.4) is 0 Å². The van der Waals surface area contributed by atoms with Gasteiger partial charge >= 0.3 is 11.9 Å². The standard InChI is InChI=1S/C18H11O5P/c1-12(13-7-3-2-4-8-13)17(19)22-23-18(20)15-11-24(21)16-10-6-5-9-14(15)16/h2-10H,1H2. The van der Waals surface area contributed by atoms with E-state index in [4.69, 9.17) is 0 Å². The van der Waals surface area contributed by atoms with Gasteiger partial charge in [0.15, 0.2) is 10.9 Å². The van der Waals surface area contributed by atoms with Gasteiger partial charge in [-0.2, -0.15) is 0 Å². The third-order valence-corrected chi connectivity index (χ3v) is 4.63. The van der Waals surface area contributed by atoms with Crippen LogP contribution in [0.1, 0.15) is 11.1 Å². The minimum absolute atomic E-state index is 0.00941. The summed E-state index contributed by atoms with van der Waals surface area (Å²) in [7, 11) is -1.92. The molecule has 0 amide bonds. The highest BCUT2D eigenvalue weighted by molar-refractivity contribution is 7.59. The number of hydrogen-bond acceptors (Lipinski definition) is 5. The van der Waals surface area contributed by atoms with Crippen LogP contribution in [0.25, 0.3) is 11.1 Å². The Bertz CT molecular complexity index is 908. The Morgan fingerprint density at radius 1 is 1.00 bits per heavy atom. The average molecular weight is 338 g/mol. The number of benzene rings is 2. The van der Waals surface area contributed by atoms with E-state index in [1.54, 1.807) is 54.6 Å². The molecule has 0 fully saturated rings. The lowest BCUT2D eigenvalue weighted by molar-refractivity contribution is -0.248. The summed E-state index contributed by atoms with van der Waals surface area (Å²) in [5, 5.41) is 0.500. The van der Waals surface area contributed by atoms with Gasteiger partial charge in [0.1, 0.15) is 13.2 Å². The molecule has 0 saturated heterocycles. The van der Waals surface area contributed by atoms with Gasteiger partial charge in [0.05, 0.1) is 11.1 Å². The van der Waals surface area contributed by atoms with Crippen molar-refractivity contribution in [2.75, 3.05) is 0 Å². The van der Waals surface area contributed by atoms with Crippen LogP contribution in [-0.2, 0) is 19.4 Å². The largest absolute Gasteiger partial charge is 0.618 e. The van der Waals surface area contributed by atoms with Gasteiger partial charge in [-0.1, -0.05) is 49.0 Å². The smallest absolute Gasteiger partial charge is 0.398 e. The molecular formula is C18H11O5P. The first-order valence-corrected chi connectivity index (χ1v) is 8.21. The second-order valence-electron chi connectivity index (χ2n) is 4.88. The molecule has 1 unspecified atom stereocenters. The van der Waals surface area contributed by atoms with Gasteiger partial charge in [0.25, 0.3) is 0 Å². The number of rotatable bonds is 3. The van der Waals surface area contributed by atoms with Crippen molar-refractivity contribution in [1.82, 2.24) is 0 Å². The summed E-state index contributed by atoms with van der Waals surface area (Å²) < 4.78 is 0. The SMILES string of the molecule is C=C(C(=O)OOC(=O)C1=C=[P+]([O-])c2ccccc21)c1ccccc1. The number of carbonyl (C=O) groups is 2. The van der Waals surface area contributed by atoms with Crippen LogP contribution >= 0.6 is 7.77 Å². The van der Waals surface area contributed by atoms with Crippen molar-refractivity contribution in [3.8, 4) is 0 Å². The first-order valence-electron chi connectivity index (χ1n) is 6.95. The molecule has 5 nitrogen and oxygen atoms in total. The summed E-state index contributed by atoms with van der Waals surface area (Å²) in [5.74, 6) is -1.82. The molecule has 2 aromatic rings. The van der Waals surface area contributed by atoms with Gasteiger partial charge in [0.2, 0.25) is 0 Å². The molecular weight excluding hydrogens is 327 g/mol. The fourth-order valence-corrected chi connectivity index (χ4v) is 3.33. The van der Waals surface area contributed by atoms with Gasteiger partial charge in [0, 0.05) is 0 Å². The second-order valence-corrected chi connectivity index (χ2v) is 6.18. The van der Waals surface area contributed by atoms with Crippen LogP contribution in [0.2, 0.25) is 0 Å². The van der Waals surface area contributed by atoms with Crippen LogP contribution in [0.4, 0.5) is 0 Å². The maximum atomic E-state index is 12.1. The van der Waals surface area contributed by atoms with E-state index in [2.05, 4.69) is 21.8 Å². The summed E-state index contributed by atoms with van der Waals surface area (Å²) in [4.78, 5) is 44.9. The third-order valence-electron chi connectivity index (χ3n) is 3.37. The van der Waals surface area contributed by atoms with Crippen LogP contribution in [-0.4, -0.2) is 17.4 Å². The molecule has 1 aliphatic rings. The summed E-state index contributed by atoms with van der Waals surface area (Å²) in [5.41, 5.74) is 3.60. The molecule has 0 spiro atoms. The Kier molecular flexibility index (Phi) is 4.41. The molecule has 0 N–H and O–H groups in total. The van der Waals surface area contributed by atoms with Crippen LogP contribution in [0.15, 0.2) is 61.2 Å². The Labute approximate surface area is 138 Å². The lowest BCUT2D eigenvalue weighted by atomic mass is 10.1. The molecule has 0 aromatic heterocycles. The molecule has 6 heteroatoms. The van der Waals surface area contributed by atoms with Gasteiger partial charge < -0.3 is 4.89 Å². The summed E-state index contributed by atoms with van der Waals surface area (Å²) in [6, 6.07) is 15.3. The van der Waals surface area contributed by atoms with E-state index in [1.165, 1.54) is 0 Å². The van der Waals surface area contributed by atoms with E-state index in [-0.39, 0.29) is 11.1 Å². The summed E-state index contributed by atoms with van der Waals surface area (Å²) in [6.45, 7) is 3.61. The molecule has 1 heterocycles. The van der Waals surface area contributed by atoms with E-state index < -0.39 is 19.7 Å². The van der Waals surface area contributed by atoms with Crippen molar-refractivity contribution in [2.24, 2.45) is 0 Å². The van der Waals surface area contributed by atoms with Crippen LogP contribution in [0, 0.1) is 0 Å². The van der Waals surface area contributed by atoms with Crippen molar-refractivity contribution in [2.45, 2.75) is 0 Å². The van der Waals surface area contributed by atoms with E-state index in [0.717, 1.165) is 0 Å². The van der Waals surface area contributed by atoms with Gasteiger partial charge in [-0.05, 0) is 17.7 Å². The lowest BCUT2D eigenvalue weighted by Gasteiger charge is -2.05. The molecule has 24 heavy (non-hydrogen) atoms. The first kappa shape index (κ1) is 15.9. The Hall–Kier alpha value is -2.97. The average Bonchev–Trinajstić information content (AvgIpc) is 2.97. The van der Waals surface area contributed by atoms with Gasteiger partial charge in [-0.3, -0.25) is 0 Å². The zero-order chi connectivity index (χ0) is 17.1. The Morgan fingerprint density at radius 3 is 2.42 bits per heavy atom. The van der Waals surface area contributed by atoms with Crippen molar-refractivity contribution in [3.63, 3.8) is 0 Å². The molecule has 1 aliphatic heterocycles.